The van der Waals surface area contributed by atoms with Crippen molar-refractivity contribution in [3.8, 4) is 0 Å². The van der Waals surface area contributed by atoms with Gasteiger partial charge in [-0.05, 0) is 19.9 Å². The van der Waals surface area contributed by atoms with Gasteiger partial charge in [0.1, 0.15) is 5.03 Å². The quantitative estimate of drug-likeness (QED) is 0.540. The van der Waals surface area contributed by atoms with Crippen molar-refractivity contribution < 1.29 is 37.2 Å². The van der Waals surface area contributed by atoms with Gasteiger partial charge >= 0.3 is 12.3 Å². The van der Waals surface area contributed by atoms with Crippen molar-refractivity contribution in [2.75, 3.05) is 0 Å². The second kappa shape index (κ2) is 8.15. The first-order valence-corrected chi connectivity index (χ1v) is 8.37. The summed E-state index contributed by atoms with van der Waals surface area (Å²) in [4.78, 5) is 17.0. The third kappa shape index (κ3) is 3.97. The van der Waals surface area contributed by atoms with Gasteiger partial charge in [-0.3, -0.25) is 9.63 Å². The molecule has 0 radical (unpaired) electrons. The van der Waals surface area contributed by atoms with Gasteiger partial charge in [0.2, 0.25) is 5.60 Å². The maximum absolute atomic E-state index is 14.9. The molecular formula is C16H16Cl2F3N2O4+. The molecule has 0 fully saturated rings. The zero-order valence-electron chi connectivity index (χ0n) is 14.1. The van der Waals surface area contributed by atoms with Crippen LogP contribution in [0.15, 0.2) is 52.6 Å². The Hall–Kier alpha value is -1.65. The first-order valence-electron chi connectivity index (χ1n) is 7.62. The Balaban J connectivity index is 2.59. The molecule has 1 aliphatic rings. The average molecular weight is 428 g/mol. The SMILES string of the molecule is CC(C)ONC(=O)C1(O)C=C(Cl)C(OC(F)F)([n+]2ccccc2)C(Cl)=C1F. The molecule has 0 aliphatic heterocycles. The lowest BCUT2D eigenvalue weighted by atomic mass is 9.91. The maximum Gasteiger partial charge on any atom is 0.354 e. The second-order valence-corrected chi connectivity index (χ2v) is 6.57. The van der Waals surface area contributed by atoms with E-state index in [1.54, 1.807) is 19.9 Å². The summed E-state index contributed by atoms with van der Waals surface area (Å²) >= 11 is 12.1. The minimum Gasteiger partial charge on any atom is -0.370 e. The number of nitrogens with one attached hydrogen (secondary N) is 1. The summed E-state index contributed by atoms with van der Waals surface area (Å²) < 4.78 is 46.7. The average Bonchev–Trinajstić information content (AvgIpc) is 2.62. The van der Waals surface area contributed by atoms with E-state index in [2.05, 4.69) is 4.74 Å². The number of aliphatic hydroxyl groups is 1. The van der Waals surface area contributed by atoms with Crippen molar-refractivity contribution in [2.24, 2.45) is 0 Å². The summed E-state index contributed by atoms with van der Waals surface area (Å²) in [6.07, 6.45) is 2.54. The van der Waals surface area contributed by atoms with E-state index in [1.165, 1.54) is 24.5 Å². The smallest absolute Gasteiger partial charge is 0.354 e. The van der Waals surface area contributed by atoms with Crippen LogP contribution in [0.2, 0.25) is 0 Å². The van der Waals surface area contributed by atoms with Gasteiger partial charge in [0.05, 0.1) is 6.10 Å². The molecule has 2 N–H and O–H groups in total. The zero-order valence-corrected chi connectivity index (χ0v) is 15.6. The van der Waals surface area contributed by atoms with Gasteiger partial charge in [-0.2, -0.15) is 13.3 Å². The highest BCUT2D eigenvalue weighted by Crippen LogP contribution is 2.46. The van der Waals surface area contributed by atoms with Gasteiger partial charge in [0, 0.05) is 12.1 Å². The van der Waals surface area contributed by atoms with Crippen molar-refractivity contribution in [1.82, 2.24) is 5.48 Å². The number of ether oxygens (including phenoxy) is 1. The number of pyridine rings is 1. The molecule has 1 aromatic rings. The van der Waals surface area contributed by atoms with Crippen LogP contribution in [0, 0.1) is 0 Å². The molecule has 0 saturated carbocycles. The summed E-state index contributed by atoms with van der Waals surface area (Å²) in [6, 6.07) is 4.44. The lowest BCUT2D eigenvalue weighted by molar-refractivity contribution is -0.792. The van der Waals surface area contributed by atoms with Crippen molar-refractivity contribution in [3.63, 3.8) is 0 Å². The van der Waals surface area contributed by atoms with Crippen LogP contribution in [0.1, 0.15) is 13.8 Å². The molecule has 2 atom stereocenters. The number of carbonyl (C=O) groups is 1. The van der Waals surface area contributed by atoms with Crippen molar-refractivity contribution >= 4 is 29.1 Å². The van der Waals surface area contributed by atoms with Gasteiger partial charge in [-0.1, -0.05) is 29.3 Å². The van der Waals surface area contributed by atoms with E-state index in [4.69, 9.17) is 28.0 Å². The van der Waals surface area contributed by atoms with Gasteiger partial charge in [0.25, 0.3) is 5.91 Å². The second-order valence-electron chi connectivity index (χ2n) is 5.79. The number of hydrogen-bond acceptors (Lipinski definition) is 4. The Morgan fingerprint density at radius 2 is 1.85 bits per heavy atom. The maximum atomic E-state index is 14.9. The van der Waals surface area contributed by atoms with E-state index in [9.17, 15) is 23.1 Å². The van der Waals surface area contributed by atoms with E-state index in [0.717, 1.165) is 4.57 Å². The fourth-order valence-corrected chi connectivity index (χ4v) is 3.15. The highest BCUT2D eigenvalue weighted by Gasteiger charge is 2.60. The number of rotatable bonds is 6. The molecule has 6 nitrogen and oxygen atoms in total. The normalized spacial score (nSPS) is 25.8. The predicted molar refractivity (Wildman–Crippen MR) is 88.9 cm³/mol. The van der Waals surface area contributed by atoms with Gasteiger partial charge < -0.3 is 5.11 Å². The molecule has 1 amide bonds. The van der Waals surface area contributed by atoms with Crippen LogP contribution in [-0.2, 0) is 20.1 Å². The van der Waals surface area contributed by atoms with Crippen molar-refractivity contribution in [1.29, 1.82) is 0 Å². The Labute approximate surface area is 162 Å². The zero-order chi connectivity index (χ0) is 20.4. The Morgan fingerprint density at radius 3 is 2.37 bits per heavy atom. The largest absolute Gasteiger partial charge is 0.370 e. The van der Waals surface area contributed by atoms with E-state index >= 15 is 0 Å². The molecule has 0 aromatic carbocycles. The Morgan fingerprint density at radius 1 is 1.26 bits per heavy atom. The van der Waals surface area contributed by atoms with Gasteiger partial charge in [-0.25, -0.2) is 14.6 Å². The molecule has 2 rings (SSSR count). The van der Waals surface area contributed by atoms with Crippen LogP contribution in [0.5, 0.6) is 0 Å². The molecule has 148 valence electrons. The van der Waals surface area contributed by atoms with E-state index in [1.807, 2.05) is 5.48 Å². The number of amides is 1. The number of hydroxylamine groups is 1. The van der Waals surface area contributed by atoms with Crippen molar-refractivity contribution in [2.45, 2.75) is 37.9 Å². The third-order valence-electron chi connectivity index (χ3n) is 3.56. The predicted octanol–water partition coefficient (Wildman–Crippen LogP) is 2.61. The Kier molecular flexibility index (Phi) is 6.54. The van der Waals surface area contributed by atoms with Crippen LogP contribution in [0.4, 0.5) is 13.2 Å². The molecule has 0 saturated heterocycles. The number of carbonyl (C=O) groups excluding carboxylic acids is 1. The Bertz CT molecular complexity index is 776. The first kappa shape index (κ1) is 21.6. The fourth-order valence-electron chi connectivity index (χ4n) is 2.32. The highest BCUT2D eigenvalue weighted by molar-refractivity contribution is 6.36. The molecule has 0 bridgehead atoms. The molecule has 1 aliphatic carbocycles. The van der Waals surface area contributed by atoms with E-state index in [0.29, 0.717) is 6.08 Å². The van der Waals surface area contributed by atoms with Gasteiger partial charge in [0.15, 0.2) is 23.3 Å². The molecule has 1 heterocycles. The minimum absolute atomic E-state index is 0.482. The standard InChI is InChI=1S/C16H15Cl2F3N2O4/c1-9(2)27-22-13(24)15(25)8-10(17)16(26-14(20)21,11(18)12(15)19)23-6-4-3-5-7-23/h3-9,14,25H,1-2H3/p+1. The number of hydrogen-bond donors (Lipinski definition) is 2. The summed E-state index contributed by atoms with van der Waals surface area (Å²) in [7, 11) is 0. The van der Waals surface area contributed by atoms with Crippen molar-refractivity contribution in [3.05, 3.63) is 52.6 Å². The molecule has 1 aromatic heterocycles. The number of aromatic nitrogens is 1. The third-order valence-corrected chi connectivity index (χ3v) is 4.34. The number of nitrogens with zero attached hydrogens (tertiary/aromatic N) is 1. The minimum atomic E-state index is -3.41. The van der Waals surface area contributed by atoms with Crippen LogP contribution >= 0.6 is 23.2 Å². The van der Waals surface area contributed by atoms with Crippen LogP contribution < -0.4 is 10.0 Å². The van der Waals surface area contributed by atoms with E-state index < -0.39 is 45.8 Å². The first-order chi connectivity index (χ1) is 12.6. The fraction of sp³-hybridized carbons (Fsp3) is 0.375. The number of alkyl halides is 2. The molecule has 2 unspecified atom stereocenters. The van der Waals surface area contributed by atoms with Crippen LogP contribution in [0.25, 0.3) is 0 Å². The molecular weight excluding hydrogens is 412 g/mol. The lowest BCUT2D eigenvalue weighted by Gasteiger charge is -2.34. The monoisotopic (exact) mass is 427 g/mol. The summed E-state index contributed by atoms with van der Waals surface area (Å²) in [6.45, 7) is -0.271. The molecule has 0 spiro atoms. The summed E-state index contributed by atoms with van der Waals surface area (Å²) in [5.74, 6) is -3.00. The van der Waals surface area contributed by atoms with Crippen LogP contribution in [-0.4, -0.2) is 29.3 Å². The van der Waals surface area contributed by atoms with E-state index in [-0.39, 0.29) is 0 Å². The summed E-state index contributed by atoms with van der Waals surface area (Å²) in [5.41, 5.74) is -3.63. The van der Waals surface area contributed by atoms with Gasteiger partial charge in [-0.15, -0.1) is 0 Å². The highest BCUT2D eigenvalue weighted by atomic mass is 35.5. The van der Waals surface area contributed by atoms with Crippen LogP contribution in [0.3, 0.4) is 0 Å². The number of halogens is 5. The molecule has 27 heavy (non-hydrogen) atoms. The lowest BCUT2D eigenvalue weighted by Crippen LogP contribution is -2.62. The molecule has 11 heteroatoms. The summed E-state index contributed by atoms with van der Waals surface area (Å²) in [5, 5.41) is 8.75. The topological polar surface area (TPSA) is 71.7 Å².